The van der Waals surface area contributed by atoms with Crippen molar-refractivity contribution >= 4 is 0 Å². The number of hydrogen-bond acceptors (Lipinski definition) is 0. The van der Waals surface area contributed by atoms with Crippen LogP contribution in [0.1, 0.15) is 33.1 Å². The quantitative estimate of drug-likeness (QED) is 0.470. The SMILES string of the molecule is CCCC1=[C-]CC=C1C.[Cl-].[Cl-].[Zr+3]. The van der Waals surface area contributed by atoms with Gasteiger partial charge in [-0.2, -0.15) is 6.08 Å². The third kappa shape index (κ3) is 5.57. The molecule has 0 unspecified atom stereocenters. The van der Waals surface area contributed by atoms with Gasteiger partial charge >= 0.3 is 26.2 Å². The molecule has 1 aliphatic carbocycles. The summed E-state index contributed by atoms with van der Waals surface area (Å²) < 4.78 is 0. The minimum atomic E-state index is 0. The Balaban J connectivity index is -0.000000270. The van der Waals surface area contributed by atoms with Gasteiger partial charge < -0.3 is 24.8 Å². The van der Waals surface area contributed by atoms with Crippen LogP contribution in [0.2, 0.25) is 0 Å². The molecule has 0 bridgehead atoms. The van der Waals surface area contributed by atoms with E-state index >= 15 is 0 Å². The van der Waals surface area contributed by atoms with Crippen LogP contribution < -0.4 is 24.8 Å². The van der Waals surface area contributed by atoms with Crippen molar-refractivity contribution in [2.24, 2.45) is 0 Å². The second-order valence-electron chi connectivity index (χ2n) is 2.50. The van der Waals surface area contributed by atoms with Crippen LogP contribution in [0.5, 0.6) is 0 Å². The molecule has 0 aromatic rings. The summed E-state index contributed by atoms with van der Waals surface area (Å²) in [5, 5.41) is 0. The van der Waals surface area contributed by atoms with Gasteiger partial charge in [-0.3, -0.25) is 6.08 Å². The molecule has 0 aliphatic heterocycles. The maximum atomic E-state index is 3.33. The Labute approximate surface area is 107 Å². The fraction of sp³-hybridized carbons (Fsp3) is 0.556. The van der Waals surface area contributed by atoms with Crippen molar-refractivity contribution in [3.05, 3.63) is 23.3 Å². The second kappa shape index (κ2) is 10.0. The topological polar surface area (TPSA) is 0 Å². The van der Waals surface area contributed by atoms with Crippen molar-refractivity contribution in [2.75, 3.05) is 0 Å². The number of hydrogen-bond donors (Lipinski definition) is 0. The average Bonchev–Trinajstić information content (AvgIpc) is 2.18. The first-order valence-electron chi connectivity index (χ1n) is 3.61. The smallest absolute Gasteiger partial charge is 1.00 e. The standard InChI is InChI=1S/C9H13.2ClH.Zr/c1-3-5-9-7-4-6-8(9)2;;;/h6H,3-5H2,1-2H3;2*1H;/q-1;;;+3/p-2. The Hall–Kier alpha value is 0.943. The summed E-state index contributed by atoms with van der Waals surface area (Å²) in [5.74, 6) is 0. The Morgan fingerprint density at radius 2 is 2.00 bits per heavy atom. The van der Waals surface area contributed by atoms with Gasteiger partial charge in [0.2, 0.25) is 0 Å². The molecule has 12 heavy (non-hydrogen) atoms. The largest absolute Gasteiger partial charge is 3.00 e. The Bertz CT molecular complexity index is 162. The van der Waals surface area contributed by atoms with Crippen LogP contribution in [0.4, 0.5) is 0 Å². The molecule has 0 aromatic heterocycles. The second-order valence-corrected chi connectivity index (χ2v) is 2.50. The number of halogens is 2. The van der Waals surface area contributed by atoms with Crippen LogP contribution in [0, 0.1) is 6.08 Å². The van der Waals surface area contributed by atoms with Gasteiger partial charge in [-0.25, -0.2) is 11.1 Å². The van der Waals surface area contributed by atoms with Crippen molar-refractivity contribution in [2.45, 2.75) is 33.1 Å². The first-order chi connectivity index (χ1) is 4.34. The van der Waals surface area contributed by atoms with E-state index in [-0.39, 0.29) is 51.0 Å². The fourth-order valence-corrected chi connectivity index (χ4v) is 1.13. The van der Waals surface area contributed by atoms with Gasteiger partial charge in [-0.05, 0) is 0 Å². The maximum absolute atomic E-state index is 3.33. The van der Waals surface area contributed by atoms with Gasteiger partial charge in [0.1, 0.15) is 0 Å². The summed E-state index contributed by atoms with van der Waals surface area (Å²) in [6.07, 6.45) is 9.07. The molecule has 67 valence electrons. The molecule has 0 fully saturated rings. The normalized spacial score (nSPS) is 13.2. The molecule has 0 spiro atoms. The van der Waals surface area contributed by atoms with E-state index in [2.05, 4.69) is 26.0 Å². The minimum absolute atomic E-state index is 0. The van der Waals surface area contributed by atoms with E-state index in [1.165, 1.54) is 24.0 Å². The maximum Gasteiger partial charge on any atom is 3.00 e. The van der Waals surface area contributed by atoms with Crippen LogP contribution in [0.15, 0.2) is 17.2 Å². The molecular formula is C9H13Cl2Zr. The summed E-state index contributed by atoms with van der Waals surface area (Å²) >= 11 is 0. The molecule has 0 amide bonds. The van der Waals surface area contributed by atoms with Crippen LogP contribution in [-0.4, -0.2) is 0 Å². The Morgan fingerprint density at radius 1 is 1.42 bits per heavy atom. The molecule has 0 saturated carbocycles. The Kier molecular flexibility index (Phi) is 15.6. The van der Waals surface area contributed by atoms with E-state index in [0.29, 0.717) is 0 Å². The van der Waals surface area contributed by atoms with Gasteiger partial charge in [0.25, 0.3) is 0 Å². The zero-order chi connectivity index (χ0) is 6.69. The van der Waals surface area contributed by atoms with E-state index in [0.717, 1.165) is 6.42 Å². The van der Waals surface area contributed by atoms with E-state index < -0.39 is 0 Å². The summed E-state index contributed by atoms with van der Waals surface area (Å²) in [6, 6.07) is 0. The van der Waals surface area contributed by atoms with Gasteiger partial charge in [0.15, 0.2) is 0 Å². The molecule has 0 N–H and O–H groups in total. The van der Waals surface area contributed by atoms with Crippen LogP contribution >= 0.6 is 0 Å². The van der Waals surface area contributed by atoms with Gasteiger partial charge in [0.05, 0.1) is 0 Å². The van der Waals surface area contributed by atoms with Crippen LogP contribution in [0.25, 0.3) is 0 Å². The van der Waals surface area contributed by atoms with E-state index in [1.807, 2.05) is 0 Å². The van der Waals surface area contributed by atoms with Crippen molar-refractivity contribution in [1.29, 1.82) is 0 Å². The van der Waals surface area contributed by atoms with E-state index in [4.69, 9.17) is 0 Å². The van der Waals surface area contributed by atoms with Crippen LogP contribution in [0.3, 0.4) is 0 Å². The fourth-order valence-electron chi connectivity index (χ4n) is 1.13. The predicted molar refractivity (Wildman–Crippen MR) is 40.0 cm³/mol. The van der Waals surface area contributed by atoms with Crippen molar-refractivity contribution in [1.82, 2.24) is 0 Å². The molecule has 1 aliphatic rings. The Morgan fingerprint density at radius 3 is 2.33 bits per heavy atom. The van der Waals surface area contributed by atoms with E-state index in [9.17, 15) is 0 Å². The zero-order valence-corrected chi connectivity index (χ0v) is 11.4. The summed E-state index contributed by atoms with van der Waals surface area (Å²) in [7, 11) is 0. The summed E-state index contributed by atoms with van der Waals surface area (Å²) in [6.45, 7) is 4.38. The molecule has 0 nitrogen and oxygen atoms in total. The van der Waals surface area contributed by atoms with E-state index in [1.54, 1.807) is 0 Å². The van der Waals surface area contributed by atoms with Crippen molar-refractivity contribution in [3.63, 3.8) is 0 Å². The molecule has 0 atom stereocenters. The van der Waals surface area contributed by atoms with Gasteiger partial charge in [-0.1, -0.05) is 19.8 Å². The molecule has 1 rings (SSSR count). The number of rotatable bonds is 2. The zero-order valence-electron chi connectivity index (χ0n) is 7.45. The molecule has 0 aromatic carbocycles. The number of allylic oxidation sites excluding steroid dienone is 4. The molecule has 3 heteroatoms. The molecule has 0 heterocycles. The van der Waals surface area contributed by atoms with Crippen LogP contribution in [-0.2, 0) is 26.2 Å². The molecule has 0 saturated heterocycles. The first kappa shape index (κ1) is 18.7. The molecule has 1 radical (unpaired) electrons. The van der Waals surface area contributed by atoms with Gasteiger partial charge in [-0.15, -0.1) is 13.3 Å². The first-order valence-corrected chi connectivity index (χ1v) is 3.61. The average molecular weight is 283 g/mol. The molecular weight excluding hydrogens is 270 g/mol. The monoisotopic (exact) mass is 281 g/mol. The summed E-state index contributed by atoms with van der Waals surface area (Å²) in [4.78, 5) is 0. The third-order valence-corrected chi connectivity index (χ3v) is 1.70. The van der Waals surface area contributed by atoms with Crippen molar-refractivity contribution in [3.8, 4) is 0 Å². The third-order valence-electron chi connectivity index (χ3n) is 1.70. The van der Waals surface area contributed by atoms with Crippen molar-refractivity contribution < 1.29 is 51.0 Å². The van der Waals surface area contributed by atoms with Gasteiger partial charge in [0, 0.05) is 0 Å². The summed E-state index contributed by atoms with van der Waals surface area (Å²) in [5.41, 5.74) is 2.88. The minimum Gasteiger partial charge on any atom is -1.00 e. The predicted octanol–water partition coefficient (Wildman–Crippen LogP) is -3.13.